The molecule has 0 unspecified atom stereocenters. The molecule has 172 valence electrons. The summed E-state index contributed by atoms with van der Waals surface area (Å²) in [4.78, 5) is 28.9. The van der Waals surface area contributed by atoms with Crippen LogP contribution in [0.3, 0.4) is 0 Å². The first-order chi connectivity index (χ1) is 16.0. The molecule has 1 aliphatic carbocycles. The minimum Gasteiger partial charge on any atom is -0.497 e. The van der Waals surface area contributed by atoms with Crippen molar-refractivity contribution in [3.8, 4) is 5.75 Å². The summed E-state index contributed by atoms with van der Waals surface area (Å²) in [6, 6.07) is 17.9. The molecule has 0 aliphatic heterocycles. The van der Waals surface area contributed by atoms with E-state index in [0.29, 0.717) is 11.3 Å². The van der Waals surface area contributed by atoms with Crippen molar-refractivity contribution in [1.82, 2.24) is 10.2 Å². The number of amides is 2. The Kier molecular flexibility index (Phi) is 7.13. The van der Waals surface area contributed by atoms with Gasteiger partial charge in [0.25, 0.3) is 5.91 Å². The molecule has 2 aromatic carbocycles. The van der Waals surface area contributed by atoms with Gasteiger partial charge in [-0.1, -0.05) is 54.8 Å². The van der Waals surface area contributed by atoms with Gasteiger partial charge in [0.05, 0.1) is 13.4 Å². The van der Waals surface area contributed by atoms with E-state index >= 15 is 0 Å². The largest absolute Gasteiger partial charge is 0.497 e. The van der Waals surface area contributed by atoms with Crippen molar-refractivity contribution in [3.05, 3.63) is 89.4 Å². The molecule has 0 radical (unpaired) electrons. The molecule has 1 aliphatic rings. The van der Waals surface area contributed by atoms with Gasteiger partial charge < -0.3 is 19.4 Å². The van der Waals surface area contributed by atoms with Gasteiger partial charge in [0.1, 0.15) is 11.8 Å². The highest BCUT2D eigenvalue weighted by atomic mass is 16.5. The Morgan fingerprint density at radius 3 is 2.52 bits per heavy atom. The average Bonchev–Trinajstić information content (AvgIpc) is 3.54. The summed E-state index contributed by atoms with van der Waals surface area (Å²) >= 11 is 0. The van der Waals surface area contributed by atoms with Crippen molar-refractivity contribution in [2.45, 2.75) is 51.2 Å². The van der Waals surface area contributed by atoms with Crippen molar-refractivity contribution in [2.24, 2.45) is 0 Å². The quantitative estimate of drug-likeness (QED) is 0.526. The van der Waals surface area contributed by atoms with Gasteiger partial charge in [-0.2, -0.15) is 0 Å². The molecule has 6 heteroatoms. The Hall–Kier alpha value is -3.54. The standard InChI is InChI=1S/C27H30N2O4/c1-19-12-14-20(15-13-19)18-29(27(31)24-11-6-16-33-24)25(21-7-5-10-23(17-21)32-2)26(30)28-22-8-3-4-9-22/h5-7,10-17,22,25H,3-4,8-9,18H2,1-2H3,(H,28,30)/t25-/m1/s1. The van der Waals surface area contributed by atoms with Gasteiger partial charge in [0, 0.05) is 12.6 Å². The van der Waals surface area contributed by atoms with Crippen molar-refractivity contribution in [3.63, 3.8) is 0 Å². The molecule has 0 bridgehead atoms. The number of nitrogens with zero attached hydrogens (tertiary/aromatic N) is 1. The Labute approximate surface area is 194 Å². The number of carbonyl (C=O) groups excluding carboxylic acids is 2. The monoisotopic (exact) mass is 446 g/mol. The van der Waals surface area contributed by atoms with Crippen LogP contribution in [0.1, 0.15) is 59.0 Å². The maximum Gasteiger partial charge on any atom is 0.290 e. The van der Waals surface area contributed by atoms with E-state index in [-0.39, 0.29) is 30.2 Å². The van der Waals surface area contributed by atoms with Crippen LogP contribution < -0.4 is 10.1 Å². The van der Waals surface area contributed by atoms with Crippen LogP contribution in [0.4, 0.5) is 0 Å². The highest BCUT2D eigenvalue weighted by Crippen LogP contribution is 2.29. The van der Waals surface area contributed by atoms with E-state index in [9.17, 15) is 9.59 Å². The van der Waals surface area contributed by atoms with Crippen LogP contribution in [-0.2, 0) is 11.3 Å². The number of hydrogen-bond donors (Lipinski definition) is 1. The second kappa shape index (κ2) is 10.4. The maximum absolute atomic E-state index is 13.7. The van der Waals surface area contributed by atoms with Gasteiger partial charge in [-0.3, -0.25) is 9.59 Å². The number of furan rings is 1. The predicted molar refractivity (Wildman–Crippen MR) is 126 cm³/mol. The van der Waals surface area contributed by atoms with E-state index in [1.807, 2.05) is 55.5 Å². The molecule has 4 rings (SSSR count). The van der Waals surface area contributed by atoms with Crippen LogP contribution in [0, 0.1) is 6.92 Å². The zero-order chi connectivity index (χ0) is 23.2. The zero-order valence-corrected chi connectivity index (χ0v) is 19.1. The van der Waals surface area contributed by atoms with E-state index in [0.717, 1.165) is 36.8 Å². The van der Waals surface area contributed by atoms with E-state index < -0.39 is 6.04 Å². The molecule has 0 saturated heterocycles. The molecule has 2 amide bonds. The Morgan fingerprint density at radius 1 is 1.09 bits per heavy atom. The first-order valence-corrected chi connectivity index (χ1v) is 11.4. The normalized spacial score (nSPS) is 14.6. The molecule has 1 fully saturated rings. The molecular formula is C27H30N2O4. The zero-order valence-electron chi connectivity index (χ0n) is 19.1. The first-order valence-electron chi connectivity index (χ1n) is 11.4. The van der Waals surface area contributed by atoms with Crippen LogP contribution >= 0.6 is 0 Å². The lowest BCUT2D eigenvalue weighted by Crippen LogP contribution is -2.45. The number of carbonyl (C=O) groups is 2. The van der Waals surface area contributed by atoms with Crippen LogP contribution in [0.15, 0.2) is 71.3 Å². The van der Waals surface area contributed by atoms with E-state index in [2.05, 4.69) is 5.32 Å². The van der Waals surface area contributed by atoms with E-state index in [1.165, 1.54) is 6.26 Å². The van der Waals surface area contributed by atoms with Gasteiger partial charge in [0.2, 0.25) is 5.91 Å². The summed E-state index contributed by atoms with van der Waals surface area (Å²) in [5, 5.41) is 3.19. The van der Waals surface area contributed by atoms with Crippen LogP contribution in [-0.4, -0.2) is 29.9 Å². The first kappa shape index (κ1) is 22.6. The van der Waals surface area contributed by atoms with Gasteiger partial charge in [-0.05, 0) is 55.2 Å². The highest BCUT2D eigenvalue weighted by Gasteiger charge is 2.35. The number of aryl methyl sites for hydroxylation is 1. The second-order valence-electron chi connectivity index (χ2n) is 8.57. The summed E-state index contributed by atoms with van der Waals surface area (Å²) < 4.78 is 10.8. The topological polar surface area (TPSA) is 71.8 Å². The summed E-state index contributed by atoms with van der Waals surface area (Å²) in [6.07, 6.45) is 5.60. The lowest BCUT2D eigenvalue weighted by molar-refractivity contribution is -0.126. The fraction of sp³-hybridized carbons (Fsp3) is 0.333. The number of methoxy groups -OCH3 is 1. The fourth-order valence-electron chi connectivity index (χ4n) is 4.35. The predicted octanol–water partition coefficient (Wildman–Crippen LogP) is 5.04. The van der Waals surface area contributed by atoms with Crippen LogP contribution in [0.5, 0.6) is 5.75 Å². The van der Waals surface area contributed by atoms with Gasteiger partial charge >= 0.3 is 0 Å². The van der Waals surface area contributed by atoms with E-state index in [4.69, 9.17) is 9.15 Å². The third-order valence-corrected chi connectivity index (χ3v) is 6.14. The van der Waals surface area contributed by atoms with Crippen LogP contribution in [0.25, 0.3) is 0 Å². The number of ether oxygens (including phenoxy) is 1. The molecule has 0 spiro atoms. The molecule has 1 saturated carbocycles. The van der Waals surface area contributed by atoms with Gasteiger partial charge in [-0.25, -0.2) is 0 Å². The second-order valence-corrected chi connectivity index (χ2v) is 8.57. The fourth-order valence-corrected chi connectivity index (χ4v) is 4.35. The van der Waals surface area contributed by atoms with Crippen molar-refractivity contribution < 1.29 is 18.7 Å². The molecular weight excluding hydrogens is 416 g/mol. The number of rotatable bonds is 8. The molecule has 1 aromatic heterocycles. The molecule has 3 aromatic rings. The molecule has 6 nitrogen and oxygen atoms in total. The minimum absolute atomic E-state index is 0.130. The lowest BCUT2D eigenvalue weighted by Gasteiger charge is -2.32. The third-order valence-electron chi connectivity index (χ3n) is 6.14. The molecule has 1 atom stereocenters. The Balaban J connectivity index is 1.75. The smallest absolute Gasteiger partial charge is 0.290 e. The SMILES string of the molecule is COc1cccc([C@H](C(=O)NC2CCCC2)N(Cc2ccc(C)cc2)C(=O)c2ccco2)c1. The molecule has 1 N–H and O–H groups in total. The van der Waals surface area contributed by atoms with E-state index in [1.54, 1.807) is 24.1 Å². The summed E-state index contributed by atoms with van der Waals surface area (Å²) in [6.45, 7) is 2.28. The van der Waals surface area contributed by atoms with Crippen LogP contribution in [0.2, 0.25) is 0 Å². The number of hydrogen-bond acceptors (Lipinski definition) is 4. The van der Waals surface area contributed by atoms with Crippen molar-refractivity contribution in [2.75, 3.05) is 7.11 Å². The average molecular weight is 447 g/mol. The summed E-state index contributed by atoms with van der Waals surface area (Å²) in [5.41, 5.74) is 2.75. The Bertz CT molecular complexity index is 1070. The third kappa shape index (κ3) is 5.45. The maximum atomic E-state index is 13.7. The minimum atomic E-state index is -0.834. The lowest BCUT2D eigenvalue weighted by atomic mass is 10.0. The van der Waals surface area contributed by atoms with Gasteiger partial charge in [0.15, 0.2) is 5.76 Å². The van der Waals surface area contributed by atoms with Crippen molar-refractivity contribution >= 4 is 11.8 Å². The molecule has 1 heterocycles. The highest BCUT2D eigenvalue weighted by molar-refractivity contribution is 5.96. The number of benzene rings is 2. The summed E-state index contributed by atoms with van der Waals surface area (Å²) in [7, 11) is 1.59. The summed E-state index contributed by atoms with van der Waals surface area (Å²) in [5.74, 6) is 0.299. The van der Waals surface area contributed by atoms with Gasteiger partial charge in [-0.15, -0.1) is 0 Å². The molecule has 33 heavy (non-hydrogen) atoms. The van der Waals surface area contributed by atoms with Crippen molar-refractivity contribution in [1.29, 1.82) is 0 Å². The number of nitrogens with one attached hydrogen (secondary N) is 1. The Morgan fingerprint density at radius 2 is 1.85 bits per heavy atom.